The molecule has 0 atom stereocenters. The Morgan fingerprint density at radius 1 is 0.926 bits per heavy atom. The number of hydrogen-bond acceptors (Lipinski definition) is 4. The minimum Gasteiger partial charge on any atom is -0.373 e. The fraction of sp³-hybridized carbons (Fsp3) is 0.235. The summed E-state index contributed by atoms with van der Waals surface area (Å²) < 4.78 is 67.0. The van der Waals surface area contributed by atoms with Gasteiger partial charge in [-0.15, -0.1) is 0 Å². The molecule has 146 valence electrons. The predicted molar refractivity (Wildman–Crippen MR) is 95.9 cm³/mol. The molecule has 0 fully saturated rings. The van der Waals surface area contributed by atoms with Crippen LogP contribution >= 0.6 is 0 Å². The van der Waals surface area contributed by atoms with E-state index in [1.807, 2.05) is 0 Å². The Hall–Kier alpha value is -2.59. The number of carbonyl (C=O) groups excluding carboxylic acids is 1. The van der Waals surface area contributed by atoms with Gasteiger partial charge in [-0.1, -0.05) is 0 Å². The highest BCUT2D eigenvalue weighted by Gasteiger charge is 2.23. The van der Waals surface area contributed by atoms with Crippen molar-refractivity contribution in [3.63, 3.8) is 0 Å². The summed E-state index contributed by atoms with van der Waals surface area (Å²) in [5, 5.41) is 2.27. The van der Waals surface area contributed by atoms with Crippen LogP contribution in [0.25, 0.3) is 0 Å². The summed E-state index contributed by atoms with van der Waals surface area (Å²) in [6.45, 7) is 0. The Bertz CT molecular complexity index is 969. The highest BCUT2D eigenvalue weighted by Crippen LogP contribution is 2.26. The van der Waals surface area contributed by atoms with Crippen LogP contribution in [-0.2, 0) is 10.0 Å². The molecule has 0 spiro atoms. The Kier molecular flexibility index (Phi) is 5.81. The normalized spacial score (nSPS) is 11.6. The molecule has 0 aliphatic rings. The van der Waals surface area contributed by atoms with Crippen molar-refractivity contribution < 1.29 is 26.4 Å². The number of amides is 1. The molecule has 0 aromatic heterocycles. The van der Waals surface area contributed by atoms with E-state index < -0.39 is 38.3 Å². The van der Waals surface area contributed by atoms with Crippen LogP contribution in [0.15, 0.2) is 35.2 Å². The first-order chi connectivity index (χ1) is 12.4. The Balaban J connectivity index is 2.38. The molecular formula is C17H18F3N3O3S. The highest BCUT2D eigenvalue weighted by atomic mass is 32.2. The van der Waals surface area contributed by atoms with E-state index in [4.69, 9.17) is 0 Å². The second-order valence-corrected chi connectivity index (χ2v) is 8.19. The van der Waals surface area contributed by atoms with Crippen LogP contribution in [0, 0.1) is 17.5 Å². The second kappa shape index (κ2) is 7.57. The number of rotatable bonds is 5. The van der Waals surface area contributed by atoms with Gasteiger partial charge in [-0.25, -0.2) is 25.9 Å². The minimum absolute atomic E-state index is 0.165. The van der Waals surface area contributed by atoms with E-state index in [9.17, 15) is 26.4 Å². The average molecular weight is 401 g/mol. The standard InChI is InChI=1S/C17H18F3N3O3S/c1-22(2)16-13(19)8-11(9-14(16)20)21-17(24)10-5-6-12(18)15(7-10)27(25,26)23(3)4/h5-9H,1-4H3,(H,21,24). The van der Waals surface area contributed by atoms with Gasteiger partial charge in [-0.3, -0.25) is 4.79 Å². The van der Waals surface area contributed by atoms with Crippen molar-refractivity contribution in [3.05, 3.63) is 53.3 Å². The molecular weight excluding hydrogens is 383 g/mol. The monoisotopic (exact) mass is 401 g/mol. The Labute approximate surface area is 155 Å². The lowest BCUT2D eigenvalue weighted by Gasteiger charge is -2.16. The molecule has 0 aliphatic heterocycles. The third-order valence-corrected chi connectivity index (χ3v) is 5.50. The fourth-order valence-electron chi connectivity index (χ4n) is 2.31. The van der Waals surface area contributed by atoms with E-state index in [0.717, 1.165) is 34.6 Å². The summed E-state index contributed by atoms with van der Waals surface area (Å²) in [6, 6.07) is 4.62. The van der Waals surface area contributed by atoms with Gasteiger partial charge >= 0.3 is 0 Å². The van der Waals surface area contributed by atoms with Gasteiger partial charge < -0.3 is 10.2 Å². The summed E-state index contributed by atoms with van der Waals surface area (Å²) in [7, 11) is 1.26. The number of sulfonamides is 1. The van der Waals surface area contributed by atoms with Crippen LogP contribution in [0.3, 0.4) is 0 Å². The fourth-order valence-corrected chi connectivity index (χ4v) is 3.29. The molecule has 1 N–H and O–H groups in total. The van der Waals surface area contributed by atoms with Crippen molar-refractivity contribution in [2.24, 2.45) is 0 Å². The molecule has 0 saturated heterocycles. The molecule has 0 unspecified atom stereocenters. The number of nitrogens with zero attached hydrogens (tertiary/aromatic N) is 2. The highest BCUT2D eigenvalue weighted by molar-refractivity contribution is 7.89. The number of hydrogen-bond donors (Lipinski definition) is 1. The van der Waals surface area contributed by atoms with E-state index in [1.165, 1.54) is 33.1 Å². The first kappa shape index (κ1) is 20.7. The molecule has 10 heteroatoms. The van der Waals surface area contributed by atoms with Gasteiger partial charge in [0.25, 0.3) is 5.91 Å². The number of anilines is 2. The van der Waals surface area contributed by atoms with Crippen LogP contribution in [0.1, 0.15) is 10.4 Å². The number of nitrogens with one attached hydrogen (secondary N) is 1. The van der Waals surface area contributed by atoms with Crippen LogP contribution in [0.5, 0.6) is 0 Å². The van der Waals surface area contributed by atoms with Crippen molar-refractivity contribution in [1.29, 1.82) is 0 Å². The minimum atomic E-state index is -4.11. The summed E-state index contributed by atoms with van der Waals surface area (Å²) in [6.07, 6.45) is 0. The Morgan fingerprint density at radius 2 is 1.48 bits per heavy atom. The lowest BCUT2D eigenvalue weighted by atomic mass is 10.2. The second-order valence-electron chi connectivity index (χ2n) is 6.07. The molecule has 0 saturated carbocycles. The van der Waals surface area contributed by atoms with Gasteiger partial charge in [0.2, 0.25) is 10.0 Å². The largest absolute Gasteiger partial charge is 0.373 e. The molecule has 0 radical (unpaired) electrons. The van der Waals surface area contributed by atoms with Gasteiger partial charge in [0, 0.05) is 39.4 Å². The third-order valence-electron chi connectivity index (χ3n) is 3.67. The quantitative estimate of drug-likeness (QED) is 0.837. The maximum absolute atomic E-state index is 14.0. The van der Waals surface area contributed by atoms with Gasteiger partial charge in [0.05, 0.1) is 0 Å². The summed E-state index contributed by atoms with van der Waals surface area (Å²) in [5.41, 5.74) is -0.620. The van der Waals surface area contributed by atoms with E-state index in [-0.39, 0.29) is 16.9 Å². The van der Waals surface area contributed by atoms with Gasteiger partial charge in [-0.2, -0.15) is 0 Å². The van der Waals surface area contributed by atoms with Crippen molar-refractivity contribution >= 4 is 27.3 Å². The van der Waals surface area contributed by atoms with Gasteiger partial charge in [-0.05, 0) is 30.3 Å². The molecule has 0 bridgehead atoms. The summed E-state index contributed by atoms with van der Waals surface area (Å²) in [5.74, 6) is -3.63. The van der Waals surface area contributed by atoms with E-state index >= 15 is 0 Å². The Morgan fingerprint density at radius 3 is 1.96 bits per heavy atom. The molecule has 0 heterocycles. The van der Waals surface area contributed by atoms with E-state index in [0.29, 0.717) is 0 Å². The number of carbonyl (C=O) groups is 1. The first-order valence-electron chi connectivity index (χ1n) is 7.65. The van der Waals surface area contributed by atoms with Crippen molar-refractivity contribution in [2.45, 2.75) is 4.90 Å². The van der Waals surface area contributed by atoms with Crippen LogP contribution in [-0.4, -0.2) is 46.8 Å². The SMILES string of the molecule is CN(C)c1c(F)cc(NC(=O)c2ccc(F)c(S(=O)(=O)N(C)C)c2)cc1F. The average Bonchev–Trinajstić information content (AvgIpc) is 2.53. The predicted octanol–water partition coefficient (Wildman–Crippen LogP) is 2.67. The smallest absolute Gasteiger partial charge is 0.255 e. The third kappa shape index (κ3) is 4.22. The van der Waals surface area contributed by atoms with Crippen molar-refractivity contribution in [1.82, 2.24) is 4.31 Å². The zero-order chi connectivity index (χ0) is 20.5. The van der Waals surface area contributed by atoms with Gasteiger partial charge in [0.15, 0.2) is 11.6 Å². The number of halogens is 3. The molecule has 0 aliphatic carbocycles. The summed E-state index contributed by atoms with van der Waals surface area (Å²) in [4.78, 5) is 12.9. The molecule has 2 aromatic carbocycles. The van der Waals surface area contributed by atoms with Crippen LogP contribution in [0.2, 0.25) is 0 Å². The van der Waals surface area contributed by atoms with Gasteiger partial charge in [0.1, 0.15) is 16.4 Å². The zero-order valence-corrected chi connectivity index (χ0v) is 15.9. The summed E-state index contributed by atoms with van der Waals surface area (Å²) >= 11 is 0. The molecule has 1 amide bonds. The molecule has 2 aromatic rings. The maximum atomic E-state index is 14.0. The lowest BCUT2D eigenvalue weighted by molar-refractivity contribution is 0.102. The van der Waals surface area contributed by atoms with Crippen LogP contribution in [0.4, 0.5) is 24.5 Å². The number of benzene rings is 2. The molecule has 6 nitrogen and oxygen atoms in total. The lowest BCUT2D eigenvalue weighted by Crippen LogP contribution is -2.24. The van der Waals surface area contributed by atoms with Crippen LogP contribution < -0.4 is 10.2 Å². The maximum Gasteiger partial charge on any atom is 0.255 e. The first-order valence-corrected chi connectivity index (χ1v) is 9.09. The van der Waals surface area contributed by atoms with E-state index in [2.05, 4.69) is 5.32 Å². The molecule has 27 heavy (non-hydrogen) atoms. The molecule has 2 rings (SSSR count). The topological polar surface area (TPSA) is 69.7 Å². The zero-order valence-electron chi connectivity index (χ0n) is 15.0. The van der Waals surface area contributed by atoms with Crippen molar-refractivity contribution in [2.75, 3.05) is 38.4 Å². The van der Waals surface area contributed by atoms with Crippen molar-refractivity contribution in [3.8, 4) is 0 Å². The van der Waals surface area contributed by atoms with E-state index in [1.54, 1.807) is 0 Å².